The van der Waals surface area contributed by atoms with E-state index in [0.29, 0.717) is 35.2 Å². The molecule has 0 aliphatic carbocycles. The Morgan fingerprint density at radius 1 is 0.830 bits per heavy atom. The Bertz CT molecular complexity index is 1500. The van der Waals surface area contributed by atoms with Gasteiger partial charge in [-0.15, -0.1) is 11.8 Å². The van der Waals surface area contributed by atoms with Crippen molar-refractivity contribution < 1.29 is 38.0 Å². The highest BCUT2D eigenvalue weighted by Gasteiger charge is 2.52. The van der Waals surface area contributed by atoms with E-state index in [-0.39, 0.29) is 31.7 Å². The van der Waals surface area contributed by atoms with E-state index >= 15 is 0 Å². The molecule has 0 bridgehead atoms. The van der Waals surface area contributed by atoms with Crippen LogP contribution >= 0.6 is 11.8 Å². The summed E-state index contributed by atoms with van der Waals surface area (Å²) in [5.74, 6) is 9.66. The van der Waals surface area contributed by atoms with E-state index in [2.05, 4.69) is 45.7 Å². The first-order valence-electron chi connectivity index (χ1n) is 15.6. The summed E-state index contributed by atoms with van der Waals surface area (Å²) in [6, 6.07) is 20.8. The molecule has 3 aromatic carbocycles. The highest BCUT2D eigenvalue weighted by molar-refractivity contribution is 7.99. The molecule has 4 rings (SSSR count). The molecular formula is C37H47O8SSi. The number of fused-ring (bicyclic) bond motifs is 1. The van der Waals surface area contributed by atoms with Gasteiger partial charge in [0.15, 0.2) is 19.2 Å². The van der Waals surface area contributed by atoms with Crippen LogP contribution in [0.15, 0.2) is 71.6 Å². The summed E-state index contributed by atoms with van der Waals surface area (Å²) in [5.41, 5.74) is -0.650. The van der Waals surface area contributed by atoms with Gasteiger partial charge in [-0.2, -0.15) is 0 Å². The largest absolute Gasteiger partial charge is 0.491 e. The van der Waals surface area contributed by atoms with E-state index in [0.717, 1.165) is 16.2 Å². The van der Waals surface area contributed by atoms with Gasteiger partial charge in [0.2, 0.25) is 9.04 Å². The van der Waals surface area contributed by atoms with Crippen LogP contribution in [0.1, 0.15) is 38.8 Å². The molecule has 0 aromatic heterocycles. The summed E-state index contributed by atoms with van der Waals surface area (Å²) < 4.78 is 39.6. The van der Waals surface area contributed by atoms with Crippen molar-refractivity contribution in [3.63, 3.8) is 0 Å². The monoisotopic (exact) mass is 679 g/mol. The number of benzene rings is 3. The molecular weight excluding hydrogens is 633 g/mol. The quantitative estimate of drug-likeness (QED) is 0.110. The van der Waals surface area contributed by atoms with Gasteiger partial charge in [0.1, 0.15) is 36.2 Å². The number of rotatable bonds is 14. The molecule has 0 saturated heterocycles. The second-order valence-electron chi connectivity index (χ2n) is 12.9. The molecule has 253 valence electrons. The fraction of sp³-hybridized carbons (Fsp3) is 0.459. The minimum atomic E-state index is -1.52. The molecule has 8 nitrogen and oxygen atoms in total. The van der Waals surface area contributed by atoms with Crippen LogP contribution in [0.4, 0.5) is 0 Å². The zero-order valence-electron chi connectivity index (χ0n) is 28.7. The summed E-state index contributed by atoms with van der Waals surface area (Å²) in [4.78, 5) is 0.902. The minimum Gasteiger partial charge on any atom is -0.491 e. The lowest BCUT2D eigenvalue weighted by Crippen LogP contribution is -2.50. The first-order chi connectivity index (χ1) is 22.4. The second-order valence-corrected chi connectivity index (χ2v) is 15.9. The summed E-state index contributed by atoms with van der Waals surface area (Å²) in [6.07, 6.45) is 0.00351. The summed E-state index contributed by atoms with van der Waals surface area (Å²) >= 11 is 1.66. The van der Waals surface area contributed by atoms with Gasteiger partial charge in [-0.25, -0.2) is 0 Å². The zero-order chi connectivity index (χ0) is 34.1. The van der Waals surface area contributed by atoms with E-state index in [9.17, 15) is 5.11 Å². The van der Waals surface area contributed by atoms with E-state index < -0.39 is 20.1 Å². The lowest BCUT2D eigenvalue weighted by atomic mass is 9.66. The maximum Gasteiger partial charge on any atom is 0.205 e. The standard InChI is InChI=1S/C37H47O8SSi/c1-35(2,3)34(45-47(7)8)23-42-29-16-14-28(15-17-29)41-21-9-20-37(38)32-19-18-31(44-26-40-6)22-33(32)46-24-36(37,4)27-10-12-30(13-11-27)43-25-39-5/h10-19,22,34,38H,21,23-26H2,1-8H3. The predicted molar refractivity (Wildman–Crippen MR) is 187 cm³/mol. The van der Waals surface area contributed by atoms with Crippen molar-refractivity contribution in [2.45, 2.75) is 62.8 Å². The average Bonchev–Trinajstić information content (AvgIpc) is 3.05. The molecule has 0 fully saturated rings. The molecule has 3 aromatic rings. The van der Waals surface area contributed by atoms with Crippen molar-refractivity contribution in [2.75, 3.05) is 46.8 Å². The Morgan fingerprint density at radius 3 is 1.98 bits per heavy atom. The Hall–Kier alpha value is -3.17. The van der Waals surface area contributed by atoms with Crippen LogP contribution in [0, 0.1) is 17.3 Å². The number of thioether (sulfide) groups is 1. The number of aliphatic hydroxyl groups is 1. The van der Waals surface area contributed by atoms with Crippen LogP contribution in [0.3, 0.4) is 0 Å². The minimum absolute atomic E-state index is 0.00351. The van der Waals surface area contributed by atoms with Crippen LogP contribution in [-0.2, 0) is 24.9 Å². The van der Waals surface area contributed by atoms with E-state index in [1.165, 1.54) is 0 Å². The van der Waals surface area contributed by atoms with Crippen LogP contribution < -0.4 is 18.9 Å². The highest BCUT2D eigenvalue weighted by atomic mass is 32.2. The SMILES string of the molecule is COCOc1ccc(C2(C)CSc3cc(OCOC)ccc3C2(O)C#CCOc2ccc(OCC(O[Si](C)C)C(C)(C)C)cc2)cc1. The Morgan fingerprint density at radius 2 is 1.38 bits per heavy atom. The first kappa shape index (κ1) is 36.7. The molecule has 0 amide bonds. The highest BCUT2D eigenvalue weighted by Crippen LogP contribution is 2.53. The van der Waals surface area contributed by atoms with Gasteiger partial charge in [0.05, 0.1) is 6.10 Å². The first-order valence-corrected chi connectivity index (χ1v) is 18.9. The van der Waals surface area contributed by atoms with E-state index in [4.69, 9.17) is 32.8 Å². The molecule has 1 aliphatic rings. The molecule has 3 atom stereocenters. The second kappa shape index (κ2) is 16.3. The average molecular weight is 680 g/mol. The third-order valence-corrected chi connectivity index (χ3v) is 10.1. The number of ether oxygens (including phenoxy) is 6. The summed E-state index contributed by atoms with van der Waals surface area (Å²) in [7, 11) is 2.31. The number of hydrogen-bond acceptors (Lipinski definition) is 9. The molecule has 1 heterocycles. The third-order valence-electron chi connectivity index (χ3n) is 7.99. The van der Waals surface area contributed by atoms with Gasteiger partial charge in [0.25, 0.3) is 0 Å². The Labute approximate surface area is 285 Å². The van der Waals surface area contributed by atoms with Crippen molar-refractivity contribution in [2.24, 2.45) is 5.41 Å². The van der Waals surface area contributed by atoms with Crippen molar-refractivity contribution in [1.29, 1.82) is 0 Å². The van der Waals surface area contributed by atoms with Gasteiger partial charge in [-0.3, -0.25) is 0 Å². The van der Waals surface area contributed by atoms with Gasteiger partial charge >= 0.3 is 0 Å². The van der Waals surface area contributed by atoms with Crippen molar-refractivity contribution >= 4 is 20.8 Å². The zero-order valence-corrected chi connectivity index (χ0v) is 30.5. The number of hydrogen-bond donors (Lipinski definition) is 1. The van der Waals surface area contributed by atoms with Crippen molar-refractivity contribution in [1.82, 2.24) is 0 Å². The number of methoxy groups -OCH3 is 2. The lowest BCUT2D eigenvalue weighted by molar-refractivity contribution is 0.0228. The maximum absolute atomic E-state index is 12.5. The molecule has 1 radical (unpaired) electrons. The van der Waals surface area contributed by atoms with Crippen LogP contribution in [0.2, 0.25) is 13.1 Å². The van der Waals surface area contributed by atoms with E-state index in [1.54, 1.807) is 26.0 Å². The molecule has 10 heteroatoms. The molecule has 3 unspecified atom stereocenters. The van der Waals surface area contributed by atoms with Crippen LogP contribution in [-0.4, -0.2) is 67.0 Å². The Kier molecular flexibility index (Phi) is 12.7. The van der Waals surface area contributed by atoms with Crippen LogP contribution in [0.5, 0.6) is 23.0 Å². The molecule has 47 heavy (non-hydrogen) atoms. The predicted octanol–water partition coefficient (Wildman–Crippen LogP) is 7.05. The van der Waals surface area contributed by atoms with Crippen molar-refractivity contribution in [3.05, 3.63) is 77.9 Å². The fourth-order valence-electron chi connectivity index (χ4n) is 5.14. The molecule has 1 aliphatic heterocycles. The molecule has 0 spiro atoms. The van der Waals surface area contributed by atoms with Crippen molar-refractivity contribution in [3.8, 4) is 34.8 Å². The van der Waals surface area contributed by atoms with Gasteiger partial charge in [0, 0.05) is 35.8 Å². The smallest absolute Gasteiger partial charge is 0.205 e. The molecule has 0 saturated carbocycles. The lowest BCUT2D eigenvalue weighted by Gasteiger charge is -2.46. The van der Waals surface area contributed by atoms with Gasteiger partial charge in [-0.05, 0) is 72.6 Å². The molecule has 1 N–H and O–H groups in total. The summed E-state index contributed by atoms with van der Waals surface area (Å²) in [6.45, 7) is 13.7. The van der Waals surface area contributed by atoms with Gasteiger partial charge in [-0.1, -0.05) is 57.7 Å². The van der Waals surface area contributed by atoms with Crippen LogP contribution in [0.25, 0.3) is 0 Å². The normalized spacial score (nSPS) is 19.7. The topological polar surface area (TPSA) is 84.8 Å². The van der Waals surface area contributed by atoms with E-state index in [1.807, 2.05) is 73.7 Å². The maximum atomic E-state index is 12.5. The van der Waals surface area contributed by atoms with Gasteiger partial charge < -0.3 is 38.0 Å². The Balaban J connectivity index is 1.52. The fourth-order valence-corrected chi connectivity index (χ4v) is 7.52. The summed E-state index contributed by atoms with van der Waals surface area (Å²) in [5, 5.41) is 12.5. The third kappa shape index (κ3) is 9.25.